The highest BCUT2D eigenvalue weighted by Crippen LogP contribution is 2.27. The number of rotatable bonds is 6. The van der Waals surface area contributed by atoms with E-state index in [0.29, 0.717) is 46.1 Å². The average molecular weight is 360 g/mol. The molecule has 0 fully saturated rings. The van der Waals surface area contributed by atoms with Crippen molar-refractivity contribution in [3.8, 4) is 5.75 Å². The van der Waals surface area contributed by atoms with Crippen LogP contribution in [-0.4, -0.2) is 17.5 Å². The molecule has 2 aromatic rings. The lowest BCUT2D eigenvalue weighted by molar-refractivity contribution is -0.116. The molecule has 0 spiro atoms. The summed E-state index contributed by atoms with van der Waals surface area (Å²) in [5.74, 6) is 0.434. The Labute approximate surface area is 143 Å². The van der Waals surface area contributed by atoms with Gasteiger partial charge in [-0.1, -0.05) is 34.8 Å². The lowest BCUT2D eigenvalue weighted by Gasteiger charge is -2.08. The van der Waals surface area contributed by atoms with E-state index in [1.165, 1.54) is 6.20 Å². The summed E-state index contributed by atoms with van der Waals surface area (Å²) in [5.41, 5.74) is 0.607. The van der Waals surface area contributed by atoms with E-state index >= 15 is 0 Å². The van der Waals surface area contributed by atoms with Crippen molar-refractivity contribution in [2.24, 2.45) is 0 Å². The zero-order valence-corrected chi connectivity index (χ0v) is 13.8. The molecular weight excluding hydrogens is 347 g/mol. The van der Waals surface area contributed by atoms with E-state index in [1.54, 1.807) is 30.3 Å². The number of amides is 1. The molecule has 116 valence electrons. The normalized spacial score (nSPS) is 10.3. The number of hydrogen-bond donors (Lipinski definition) is 1. The SMILES string of the molecule is O=C(CCCOc1ccc(Cl)cc1Cl)Nc1ccc(Cl)nc1. The first-order valence-corrected chi connectivity index (χ1v) is 7.67. The Hall–Kier alpha value is -1.49. The van der Waals surface area contributed by atoms with Crippen LogP contribution < -0.4 is 10.1 Å². The van der Waals surface area contributed by atoms with Gasteiger partial charge >= 0.3 is 0 Å². The molecule has 0 bridgehead atoms. The van der Waals surface area contributed by atoms with Crippen molar-refractivity contribution in [1.82, 2.24) is 4.98 Å². The molecule has 1 heterocycles. The predicted octanol–water partition coefficient (Wildman–Crippen LogP) is 4.84. The first kappa shape index (κ1) is 16.9. The van der Waals surface area contributed by atoms with Crippen LogP contribution in [0, 0.1) is 0 Å². The van der Waals surface area contributed by atoms with Crippen LogP contribution in [0.15, 0.2) is 36.5 Å². The van der Waals surface area contributed by atoms with E-state index in [9.17, 15) is 4.79 Å². The number of aromatic nitrogens is 1. The Morgan fingerprint density at radius 2 is 2.00 bits per heavy atom. The Bertz CT molecular complexity index is 648. The number of halogens is 3. The fourth-order valence-electron chi connectivity index (χ4n) is 1.68. The quantitative estimate of drug-likeness (QED) is 0.593. The number of ether oxygens (including phenoxy) is 1. The van der Waals surface area contributed by atoms with Gasteiger partial charge < -0.3 is 10.1 Å². The molecule has 0 aliphatic heterocycles. The second kappa shape index (κ2) is 8.22. The largest absolute Gasteiger partial charge is 0.492 e. The van der Waals surface area contributed by atoms with Crippen molar-refractivity contribution in [2.45, 2.75) is 12.8 Å². The molecule has 4 nitrogen and oxygen atoms in total. The van der Waals surface area contributed by atoms with E-state index in [-0.39, 0.29) is 5.91 Å². The fourth-order valence-corrected chi connectivity index (χ4v) is 2.26. The monoisotopic (exact) mass is 358 g/mol. The Balaban J connectivity index is 1.72. The average Bonchev–Trinajstić information content (AvgIpc) is 2.48. The highest BCUT2D eigenvalue weighted by molar-refractivity contribution is 6.35. The second-order valence-corrected chi connectivity index (χ2v) is 5.68. The molecule has 2 rings (SSSR count). The number of nitrogens with zero attached hydrogens (tertiary/aromatic N) is 1. The van der Waals surface area contributed by atoms with E-state index in [0.717, 1.165) is 0 Å². The fraction of sp³-hybridized carbons (Fsp3) is 0.200. The molecule has 1 aromatic heterocycles. The van der Waals surface area contributed by atoms with Crippen molar-refractivity contribution in [3.05, 3.63) is 51.7 Å². The molecule has 1 aromatic carbocycles. The van der Waals surface area contributed by atoms with Crippen LogP contribution in [0.5, 0.6) is 5.75 Å². The van der Waals surface area contributed by atoms with Crippen LogP contribution >= 0.6 is 34.8 Å². The molecule has 0 saturated heterocycles. The number of hydrogen-bond acceptors (Lipinski definition) is 3. The zero-order chi connectivity index (χ0) is 15.9. The van der Waals surface area contributed by atoms with Gasteiger partial charge in [0.05, 0.1) is 23.5 Å². The standard InChI is InChI=1S/C15H13Cl3N2O2/c16-10-3-5-13(12(17)8-10)22-7-1-2-15(21)20-11-4-6-14(18)19-9-11/h3-6,8-9H,1-2,7H2,(H,20,21). The summed E-state index contributed by atoms with van der Waals surface area (Å²) in [6.45, 7) is 0.383. The lowest BCUT2D eigenvalue weighted by Crippen LogP contribution is -2.13. The van der Waals surface area contributed by atoms with Crippen LogP contribution in [0.1, 0.15) is 12.8 Å². The summed E-state index contributed by atoms with van der Waals surface area (Å²) in [7, 11) is 0. The highest BCUT2D eigenvalue weighted by atomic mass is 35.5. The minimum absolute atomic E-state index is 0.116. The number of anilines is 1. The topological polar surface area (TPSA) is 51.2 Å². The van der Waals surface area contributed by atoms with E-state index in [2.05, 4.69) is 10.3 Å². The van der Waals surface area contributed by atoms with Crippen LogP contribution in [0.25, 0.3) is 0 Å². The Kier molecular flexibility index (Phi) is 6.31. The van der Waals surface area contributed by atoms with Gasteiger partial charge in [-0.3, -0.25) is 4.79 Å². The molecule has 0 radical (unpaired) electrons. The van der Waals surface area contributed by atoms with Crippen molar-refractivity contribution in [1.29, 1.82) is 0 Å². The zero-order valence-electron chi connectivity index (χ0n) is 11.5. The summed E-state index contributed by atoms with van der Waals surface area (Å²) >= 11 is 17.5. The molecule has 0 saturated carbocycles. The smallest absolute Gasteiger partial charge is 0.224 e. The summed E-state index contributed by atoms with van der Waals surface area (Å²) in [4.78, 5) is 15.6. The van der Waals surface area contributed by atoms with E-state index in [4.69, 9.17) is 39.5 Å². The van der Waals surface area contributed by atoms with Crippen molar-refractivity contribution < 1.29 is 9.53 Å². The van der Waals surface area contributed by atoms with Crippen LogP contribution in [-0.2, 0) is 4.79 Å². The number of benzene rings is 1. The maximum Gasteiger partial charge on any atom is 0.224 e. The minimum Gasteiger partial charge on any atom is -0.492 e. The Morgan fingerprint density at radius 1 is 1.18 bits per heavy atom. The molecule has 22 heavy (non-hydrogen) atoms. The van der Waals surface area contributed by atoms with Crippen LogP contribution in [0.2, 0.25) is 15.2 Å². The number of carbonyl (C=O) groups is 1. The van der Waals surface area contributed by atoms with Crippen molar-refractivity contribution in [3.63, 3.8) is 0 Å². The molecule has 0 aliphatic carbocycles. The molecule has 0 atom stereocenters. The van der Waals surface area contributed by atoms with Crippen LogP contribution in [0.3, 0.4) is 0 Å². The van der Waals surface area contributed by atoms with E-state index in [1.807, 2.05) is 0 Å². The van der Waals surface area contributed by atoms with Gasteiger partial charge in [-0.2, -0.15) is 0 Å². The Morgan fingerprint density at radius 3 is 2.68 bits per heavy atom. The van der Waals surface area contributed by atoms with Crippen LogP contribution in [0.4, 0.5) is 5.69 Å². The summed E-state index contributed by atoms with van der Waals surface area (Å²) in [6, 6.07) is 8.31. The molecule has 0 unspecified atom stereocenters. The van der Waals surface area contributed by atoms with Gasteiger partial charge in [-0.15, -0.1) is 0 Å². The first-order chi connectivity index (χ1) is 10.5. The van der Waals surface area contributed by atoms with Gasteiger partial charge in [0.15, 0.2) is 0 Å². The second-order valence-electron chi connectivity index (χ2n) is 4.44. The van der Waals surface area contributed by atoms with Gasteiger partial charge in [-0.25, -0.2) is 4.98 Å². The van der Waals surface area contributed by atoms with Gasteiger partial charge in [0.25, 0.3) is 0 Å². The summed E-state index contributed by atoms with van der Waals surface area (Å²) in [6.07, 6.45) is 2.39. The summed E-state index contributed by atoms with van der Waals surface area (Å²) in [5, 5.41) is 4.11. The molecular formula is C15H13Cl3N2O2. The third-order valence-corrected chi connectivity index (χ3v) is 3.46. The first-order valence-electron chi connectivity index (χ1n) is 6.54. The predicted molar refractivity (Wildman–Crippen MR) is 89.1 cm³/mol. The van der Waals surface area contributed by atoms with Crippen molar-refractivity contribution >= 4 is 46.4 Å². The van der Waals surface area contributed by atoms with E-state index < -0.39 is 0 Å². The molecule has 7 heteroatoms. The summed E-state index contributed by atoms with van der Waals surface area (Å²) < 4.78 is 5.51. The van der Waals surface area contributed by atoms with Gasteiger partial charge in [0, 0.05) is 11.4 Å². The van der Waals surface area contributed by atoms with Gasteiger partial charge in [0.1, 0.15) is 10.9 Å². The molecule has 0 aliphatic rings. The maximum absolute atomic E-state index is 11.7. The van der Waals surface area contributed by atoms with Gasteiger partial charge in [0.2, 0.25) is 5.91 Å². The number of nitrogens with one attached hydrogen (secondary N) is 1. The maximum atomic E-state index is 11.7. The van der Waals surface area contributed by atoms with Gasteiger partial charge in [-0.05, 0) is 36.8 Å². The highest BCUT2D eigenvalue weighted by Gasteiger charge is 2.05. The third kappa shape index (κ3) is 5.37. The molecule has 1 amide bonds. The number of pyridine rings is 1. The number of carbonyl (C=O) groups excluding carboxylic acids is 1. The molecule has 1 N–H and O–H groups in total. The third-order valence-electron chi connectivity index (χ3n) is 2.71. The van der Waals surface area contributed by atoms with Crippen molar-refractivity contribution in [2.75, 3.05) is 11.9 Å². The minimum atomic E-state index is -0.116. The lowest BCUT2D eigenvalue weighted by atomic mass is 10.3.